The Hall–Kier alpha value is -2.47. The van der Waals surface area contributed by atoms with Gasteiger partial charge in [-0.2, -0.15) is 10.2 Å². The van der Waals surface area contributed by atoms with Crippen LogP contribution >= 0.6 is 0 Å². The van der Waals surface area contributed by atoms with E-state index in [1.807, 2.05) is 0 Å². The lowest BCUT2D eigenvalue weighted by Crippen LogP contribution is -2.45. The third-order valence-corrected chi connectivity index (χ3v) is 3.18. The highest BCUT2D eigenvalue weighted by molar-refractivity contribution is 6.27. The first kappa shape index (κ1) is 14.9. The monoisotopic (exact) mass is 294 g/mol. The van der Waals surface area contributed by atoms with Gasteiger partial charge in [-0.1, -0.05) is 5.16 Å². The summed E-state index contributed by atoms with van der Waals surface area (Å²) in [6.07, 6.45) is 2.40. The maximum Gasteiger partial charge on any atom is 0.414 e. The number of carboxylic acids is 2. The molecule has 9 nitrogen and oxygen atoms in total. The van der Waals surface area contributed by atoms with Crippen LogP contribution in [-0.2, 0) is 9.59 Å². The van der Waals surface area contributed by atoms with E-state index in [0.717, 1.165) is 24.8 Å². The summed E-state index contributed by atoms with van der Waals surface area (Å²) in [6, 6.07) is 2.13. The number of aromatic nitrogens is 2. The summed E-state index contributed by atoms with van der Waals surface area (Å²) in [4.78, 5) is 24.7. The van der Waals surface area contributed by atoms with Crippen molar-refractivity contribution in [2.24, 2.45) is 0 Å². The predicted octanol–water partition coefficient (Wildman–Crippen LogP) is 0.0254. The molecule has 9 heteroatoms. The number of aliphatic carboxylic acids is 2. The Morgan fingerprint density at radius 3 is 2.38 bits per heavy atom. The van der Waals surface area contributed by atoms with Gasteiger partial charge in [-0.3, -0.25) is 4.90 Å². The highest BCUT2D eigenvalue weighted by atomic mass is 16.5. The van der Waals surface area contributed by atoms with E-state index in [0.29, 0.717) is 18.4 Å². The summed E-state index contributed by atoms with van der Waals surface area (Å²) in [6.45, 7) is 2.25. The predicted molar refractivity (Wildman–Crippen MR) is 66.3 cm³/mol. The molecular formula is C12H14N4O5. The maximum atomic E-state index is 9.10. The van der Waals surface area contributed by atoms with Crippen LogP contribution in [0.3, 0.4) is 0 Å². The zero-order valence-electron chi connectivity index (χ0n) is 11.1. The van der Waals surface area contributed by atoms with Crippen molar-refractivity contribution in [1.82, 2.24) is 15.0 Å². The molecule has 2 fully saturated rings. The molecule has 0 aromatic carbocycles. The summed E-state index contributed by atoms with van der Waals surface area (Å²) in [5, 5.41) is 27.3. The fourth-order valence-corrected chi connectivity index (χ4v) is 1.88. The molecule has 1 saturated heterocycles. The molecule has 0 spiro atoms. The van der Waals surface area contributed by atoms with Crippen LogP contribution in [0.15, 0.2) is 4.52 Å². The zero-order chi connectivity index (χ0) is 15.4. The number of nitrogens with zero attached hydrogens (tertiary/aromatic N) is 4. The molecule has 2 heterocycles. The first-order valence-electron chi connectivity index (χ1n) is 6.40. The first-order valence-corrected chi connectivity index (χ1v) is 6.40. The topological polar surface area (TPSA) is 141 Å². The second-order valence-electron chi connectivity index (χ2n) is 4.92. The maximum absolute atomic E-state index is 9.10. The fraction of sp³-hybridized carbons (Fsp3) is 0.583. The average molecular weight is 294 g/mol. The van der Waals surface area contributed by atoms with Crippen molar-refractivity contribution in [1.29, 1.82) is 5.26 Å². The highest BCUT2D eigenvalue weighted by Gasteiger charge is 2.34. The van der Waals surface area contributed by atoms with Crippen LogP contribution in [-0.4, -0.2) is 56.8 Å². The van der Waals surface area contributed by atoms with Crippen LogP contribution in [0.25, 0.3) is 0 Å². The van der Waals surface area contributed by atoms with E-state index < -0.39 is 11.9 Å². The Morgan fingerprint density at radius 2 is 1.90 bits per heavy atom. The molecule has 1 aromatic rings. The minimum Gasteiger partial charge on any atom is -0.473 e. The second-order valence-corrected chi connectivity index (χ2v) is 4.92. The van der Waals surface area contributed by atoms with E-state index in [9.17, 15) is 0 Å². The molecule has 2 aliphatic rings. The molecule has 1 aliphatic heterocycles. The number of carboxylic acid groups (broad SMARTS) is 2. The van der Waals surface area contributed by atoms with Crippen LogP contribution in [0.2, 0.25) is 0 Å². The molecule has 3 rings (SSSR count). The molecule has 0 atom stereocenters. The molecule has 1 aromatic heterocycles. The van der Waals surface area contributed by atoms with Crippen LogP contribution in [0.1, 0.15) is 36.4 Å². The standard InChI is InChI=1S/C10H12N4O.C2H2O4/c11-3-4-14-5-8(6-14)10-12-9(13-15-10)7-1-2-7;3-1(4)2(5)6/h7-8H,1-2,4-6H2;(H,3,4)(H,5,6). The van der Waals surface area contributed by atoms with Crippen LogP contribution in [0, 0.1) is 11.3 Å². The Balaban J connectivity index is 0.000000232. The van der Waals surface area contributed by atoms with Crippen molar-refractivity contribution < 1.29 is 24.3 Å². The smallest absolute Gasteiger partial charge is 0.414 e. The SMILES string of the molecule is N#CCN1CC(c2nc(C3CC3)no2)C1.O=C(O)C(=O)O. The van der Waals surface area contributed by atoms with Gasteiger partial charge in [0.15, 0.2) is 5.82 Å². The summed E-state index contributed by atoms with van der Waals surface area (Å²) < 4.78 is 5.23. The van der Waals surface area contributed by atoms with Gasteiger partial charge in [-0.15, -0.1) is 0 Å². The van der Waals surface area contributed by atoms with Gasteiger partial charge in [0.05, 0.1) is 18.5 Å². The fourth-order valence-electron chi connectivity index (χ4n) is 1.88. The van der Waals surface area contributed by atoms with Crippen molar-refractivity contribution in [3.8, 4) is 6.07 Å². The average Bonchev–Trinajstić information content (AvgIpc) is 3.13. The minimum absolute atomic E-state index is 0.346. The van der Waals surface area contributed by atoms with Crippen LogP contribution in [0.5, 0.6) is 0 Å². The van der Waals surface area contributed by atoms with Gasteiger partial charge in [0.25, 0.3) is 0 Å². The van der Waals surface area contributed by atoms with Crippen molar-refractivity contribution in [2.45, 2.75) is 24.7 Å². The summed E-state index contributed by atoms with van der Waals surface area (Å²) in [7, 11) is 0. The number of hydrogen-bond donors (Lipinski definition) is 2. The van der Waals surface area contributed by atoms with E-state index in [4.69, 9.17) is 29.6 Å². The molecule has 112 valence electrons. The Bertz CT molecular complexity index is 556. The van der Waals surface area contributed by atoms with Gasteiger partial charge < -0.3 is 14.7 Å². The van der Waals surface area contributed by atoms with E-state index in [1.165, 1.54) is 12.8 Å². The molecule has 0 unspecified atom stereocenters. The number of likely N-dealkylation sites (tertiary alicyclic amines) is 1. The van der Waals surface area contributed by atoms with Gasteiger partial charge in [-0.25, -0.2) is 9.59 Å². The van der Waals surface area contributed by atoms with Gasteiger partial charge >= 0.3 is 11.9 Å². The minimum atomic E-state index is -1.82. The number of nitriles is 1. The third kappa shape index (κ3) is 4.00. The number of carbonyl (C=O) groups is 2. The molecule has 2 N–H and O–H groups in total. The molecule has 1 saturated carbocycles. The summed E-state index contributed by atoms with van der Waals surface area (Å²) in [5.74, 6) is -1.11. The lowest BCUT2D eigenvalue weighted by atomic mass is 10.0. The lowest BCUT2D eigenvalue weighted by molar-refractivity contribution is -0.159. The van der Waals surface area contributed by atoms with Crippen molar-refractivity contribution >= 4 is 11.9 Å². The molecule has 0 bridgehead atoms. The normalized spacial score (nSPS) is 18.0. The summed E-state index contributed by atoms with van der Waals surface area (Å²) in [5.41, 5.74) is 0. The Labute approximate surface area is 119 Å². The van der Waals surface area contributed by atoms with Crippen LogP contribution < -0.4 is 0 Å². The third-order valence-electron chi connectivity index (χ3n) is 3.18. The summed E-state index contributed by atoms with van der Waals surface area (Å²) >= 11 is 0. The van der Waals surface area contributed by atoms with E-state index >= 15 is 0 Å². The molecule has 0 radical (unpaired) electrons. The highest BCUT2D eigenvalue weighted by Crippen LogP contribution is 2.39. The molecule has 1 aliphatic carbocycles. The Kier molecular flexibility index (Phi) is 4.49. The van der Waals surface area contributed by atoms with Gasteiger partial charge in [0.1, 0.15) is 0 Å². The molecular weight excluding hydrogens is 280 g/mol. The zero-order valence-corrected chi connectivity index (χ0v) is 11.1. The quantitative estimate of drug-likeness (QED) is 0.583. The van der Waals surface area contributed by atoms with E-state index in [2.05, 4.69) is 21.1 Å². The van der Waals surface area contributed by atoms with E-state index in [1.54, 1.807) is 0 Å². The van der Waals surface area contributed by atoms with Crippen LogP contribution in [0.4, 0.5) is 0 Å². The van der Waals surface area contributed by atoms with Crippen molar-refractivity contribution in [3.63, 3.8) is 0 Å². The van der Waals surface area contributed by atoms with Gasteiger partial charge in [0, 0.05) is 19.0 Å². The second kappa shape index (κ2) is 6.32. The molecule has 21 heavy (non-hydrogen) atoms. The first-order chi connectivity index (χ1) is 10.0. The number of rotatable bonds is 3. The lowest BCUT2D eigenvalue weighted by Gasteiger charge is -2.34. The van der Waals surface area contributed by atoms with Crippen molar-refractivity contribution in [2.75, 3.05) is 19.6 Å². The molecule has 0 amide bonds. The van der Waals surface area contributed by atoms with Crippen molar-refractivity contribution in [3.05, 3.63) is 11.7 Å². The van der Waals surface area contributed by atoms with Gasteiger partial charge in [0.2, 0.25) is 5.89 Å². The Morgan fingerprint density at radius 1 is 1.29 bits per heavy atom. The largest absolute Gasteiger partial charge is 0.473 e. The van der Waals surface area contributed by atoms with Gasteiger partial charge in [-0.05, 0) is 12.8 Å². The van der Waals surface area contributed by atoms with E-state index in [-0.39, 0.29) is 0 Å². The number of hydrogen-bond acceptors (Lipinski definition) is 7.